The molecule has 4 heteroatoms. The molecule has 0 aromatic heterocycles. The average molecular weight is 318 g/mol. The van der Waals surface area contributed by atoms with Gasteiger partial charge < -0.3 is 15.0 Å². The van der Waals surface area contributed by atoms with Crippen LogP contribution in [0.25, 0.3) is 0 Å². The zero-order valence-electron chi connectivity index (χ0n) is 14.7. The summed E-state index contributed by atoms with van der Waals surface area (Å²) in [7, 11) is 2.17. The highest BCUT2D eigenvalue weighted by Gasteiger charge is 2.20. The van der Waals surface area contributed by atoms with Crippen molar-refractivity contribution in [1.29, 1.82) is 0 Å². The number of aryl methyl sites for hydroxylation is 1. The van der Waals surface area contributed by atoms with E-state index >= 15 is 0 Å². The van der Waals surface area contributed by atoms with E-state index in [-0.39, 0.29) is 5.91 Å². The van der Waals surface area contributed by atoms with Crippen molar-refractivity contribution >= 4 is 5.91 Å². The molecule has 0 radical (unpaired) electrons. The van der Waals surface area contributed by atoms with Crippen LogP contribution in [0, 0.1) is 12.8 Å². The molecule has 0 spiro atoms. The second kappa shape index (κ2) is 8.92. The van der Waals surface area contributed by atoms with Crippen LogP contribution in [0.1, 0.15) is 38.2 Å². The number of nitrogens with one attached hydrogen (secondary N) is 1. The second-order valence-corrected chi connectivity index (χ2v) is 6.65. The van der Waals surface area contributed by atoms with Crippen molar-refractivity contribution in [1.82, 2.24) is 10.2 Å². The van der Waals surface area contributed by atoms with Gasteiger partial charge in [-0.15, -0.1) is 0 Å². The topological polar surface area (TPSA) is 41.6 Å². The minimum atomic E-state index is -0.407. The van der Waals surface area contributed by atoms with Gasteiger partial charge in [0.2, 0.25) is 0 Å². The lowest BCUT2D eigenvalue weighted by Gasteiger charge is -2.29. The third kappa shape index (κ3) is 5.87. The quantitative estimate of drug-likeness (QED) is 0.840. The molecule has 1 fully saturated rings. The molecule has 1 atom stereocenters. The Morgan fingerprint density at radius 2 is 1.96 bits per heavy atom. The molecule has 1 aromatic rings. The largest absolute Gasteiger partial charge is 0.481 e. The number of piperidine rings is 1. The molecule has 4 nitrogen and oxygen atoms in total. The number of amides is 1. The summed E-state index contributed by atoms with van der Waals surface area (Å²) < 4.78 is 5.82. The highest BCUT2D eigenvalue weighted by Crippen LogP contribution is 2.19. The van der Waals surface area contributed by atoms with Crippen molar-refractivity contribution in [3.8, 4) is 5.75 Å². The number of benzene rings is 1. The summed E-state index contributed by atoms with van der Waals surface area (Å²) in [6.45, 7) is 7.12. The number of carbonyl (C=O) groups is 1. The molecule has 1 saturated heterocycles. The molecule has 1 N–H and O–H groups in total. The van der Waals surface area contributed by atoms with E-state index in [1.807, 2.05) is 38.1 Å². The van der Waals surface area contributed by atoms with E-state index in [1.54, 1.807) is 0 Å². The van der Waals surface area contributed by atoms with Crippen LogP contribution >= 0.6 is 0 Å². The third-order valence-corrected chi connectivity index (χ3v) is 4.65. The lowest BCUT2D eigenvalue weighted by atomic mass is 9.94. The molecule has 0 aliphatic carbocycles. The summed E-state index contributed by atoms with van der Waals surface area (Å²) in [4.78, 5) is 14.7. The Morgan fingerprint density at radius 1 is 1.30 bits per heavy atom. The van der Waals surface area contributed by atoms with Gasteiger partial charge in [0.15, 0.2) is 6.10 Å². The van der Waals surface area contributed by atoms with Gasteiger partial charge in [-0.3, -0.25) is 4.79 Å². The van der Waals surface area contributed by atoms with E-state index in [4.69, 9.17) is 4.74 Å². The van der Waals surface area contributed by atoms with Gasteiger partial charge in [0.1, 0.15) is 5.75 Å². The molecule has 0 bridgehead atoms. The van der Waals surface area contributed by atoms with Crippen LogP contribution in [0.4, 0.5) is 0 Å². The lowest BCUT2D eigenvalue weighted by Crippen LogP contribution is -2.39. The third-order valence-electron chi connectivity index (χ3n) is 4.65. The van der Waals surface area contributed by atoms with Crippen LogP contribution in [0.5, 0.6) is 5.75 Å². The molecular formula is C19H30N2O2. The number of likely N-dealkylation sites (tertiary alicyclic amines) is 1. The molecule has 0 saturated carbocycles. The molecule has 2 rings (SSSR count). The van der Waals surface area contributed by atoms with Gasteiger partial charge in [-0.2, -0.15) is 0 Å². The van der Waals surface area contributed by atoms with Crippen molar-refractivity contribution < 1.29 is 9.53 Å². The maximum atomic E-state index is 12.3. The monoisotopic (exact) mass is 318 g/mol. The van der Waals surface area contributed by atoms with Crippen LogP contribution in [0.15, 0.2) is 24.3 Å². The van der Waals surface area contributed by atoms with Crippen molar-refractivity contribution in [3.05, 3.63) is 29.8 Å². The maximum Gasteiger partial charge on any atom is 0.261 e. The van der Waals surface area contributed by atoms with Crippen molar-refractivity contribution in [2.24, 2.45) is 5.92 Å². The Balaban J connectivity index is 1.73. The highest BCUT2D eigenvalue weighted by molar-refractivity contribution is 5.81. The molecule has 0 unspecified atom stereocenters. The number of carbonyl (C=O) groups excluding carboxylic acids is 1. The van der Waals surface area contributed by atoms with Crippen molar-refractivity contribution in [2.75, 3.05) is 26.7 Å². The van der Waals surface area contributed by atoms with E-state index < -0.39 is 6.10 Å². The first kappa shape index (κ1) is 17.8. The fraction of sp³-hybridized carbons (Fsp3) is 0.632. The van der Waals surface area contributed by atoms with Crippen LogP contribution in [0.3, 0.4) is 0 Å². The maximum absolute atomic E-state index is 12.3. The number of nitrogens with zero attached hydrogens (tertiary/aromatic N) is 1. The average Bonchev–Trinajstić information content (AvgIpc) is 2.56. The summed E-state index contributed by atoms with van der Waals surface area (Å²) in [5, 5.41) is 3.05. The van der Waals surface area contributed by atoms with Crippen LogP contribution in [0.2, 0.25) is 0 Å². The van der Waals surface area contributed by atoms with Crippen LogP contribution in [-0.4, -0.2) is 43.6 Å². The zero-order chi connectivity index (χ0) is 16.7. The minimum absolute atomic E-state index is 0.000928. The number of ether oxygens (including phenoxy) is 1. The standard InChI is InChI=1S/C19H30N2O2/c1-4-18(23-17-7-5-15(2)6-8-17)19(22)20-12-9-16-10-13-21(3)14-11-16/h5-8,16,18H,4,9-14H2,1-3H3,(H,20,22)/t18-/m0/s1. The molecule has 1 amide bonds. The summed E-state index contributed by atoms with van der Waals surface area (Å²) in [6, 6.07) is 7.84. The van der Waals surface area contributed by atoms with Gasteiger partial charge in [-0.1, -0.05) is 24.6 Å². The number of rotatable bonds is 7. The van der Waals surface area contributed by atoms with Crippen LogP contribution < -0.4 is 10.1 Å². The van der Waals surface area contributed by atoms with Crippen molar-refractivity contribution in [3.63, 3.8) is 0 Å². The summed E-state index contributed by atoms with van der Waals surface area (Å²) in [5.74, 6) is 1.50. The van der Waals surface area contributed by atoms with Crippen molar-refractivity contribution in [2.45, 2.75) is 45.6 Å². The Bertz CT molecular complexity index is 479. The van der Waals surface area contributed by atoms with E-state index in [0.717, 1.165) is 24.6 Å². The number of hydrogen-bond donors (Lipinski definition) is 1. The molecule has 1 aromatic carbocycles. The zero-order valence-corrected chi connectivity index (χ0v) is 14.7. The molecule has 1 aliphatic heterocycles. The predicted octanol–water partition coefficient (Wildman–Crippen LogP) is 3.00. The molecule has 23 heavy (non-hydrogen) atoms. The number of hydrogen-bond acceptors (Lipinski definition) is 3. The van der Waals surface area contributed by atoms with E-state index in [9.17, 15) is 4.79 Å². The molecule has 1 heterocycles. The fourth-order valence-corrected chi connectivity index (χ4v) is 2.97. The fourth-order valence-electron chi connectivity index (χ4n) is 2.97. The Kier molecular flexibility index (Phi) is 6.90. The minimum Gasteiger partial charge on any atom is -0.481 e. The highest BCUT2D eigenvalue weighted by atomic mass is 16.5. The molecule has 128 valence electrons. The molecule has 1 aliphatic rings. The molecular weight excluding hydrogens is 288 g/mol. The van der Waals surface area contributed by atoms with E-state index in [1.165, 1.54) is 31.5 Å². The summed E-state index contributed by atoms with van der Waals surface area (Å²) in [5.41, 5.74) is 1.19. The van der Waals surface area contributed by atoms with E-state index in [0.29, 0.717) is 6.42 Å². The SMILES string of the molecule is CC[C@H](Oc1ccc(C)cc1)C(=O)NCCC1CCN(C)CC1. The van der Waals surface area contributed by atoms with Gasteiger partial charge in [0.25, 0.3) is 5.91 Å². The Labute approximate surface area is 140 Å². The first-order chi connectivity index (χ1) is 11.1. The van der Waals surface area contributed by atoms with Gasteiger partial charge in [-0.05, 0) is 70.8 Å². The van der Waals surface area contributed by atoms with Gasteiger partial charge in [-0.25, -0.2) is 0 Å². The normalized spacial score (nSPS) is 17.7. The summed E-state index contributed by atoms with van der Waals surface area (Å²) in [6.07, 6.45) is 3.82. The predicted molar refractivity (Wildman–Crippen MR) is 93.7 cm³/mol. The lowest BCUT2D eigenvalue weighted by molar-refractivity contribution is -0.128. The van der Waals surface area contributed by atoms with Gasteiger partial charge in [0, 0.05) is 6.54 Å². The Hall–Kier alpha value is -1.55. The van der Waals surface area contributed by atoms with Crippen LogP contribution in [-0.2, 0) is 4.79 Å². The van der Waals surface area contributed by atoms with Gasteiger partial charge in [0.05, 0.1) is 0 Å². The van der Waals surface area contributed by atoms with Gasteiger partial charge >= 0.3 is 0 Å². The van der Waals surface area contributed by atoms with E-state index in [2.05, 4.69) is 17.3 Å². The second-order valence-electron chi connectivity index (χ2n) is 6.65. The smallest absolute Gasteiger partial charge is 0.261 e. The Morgan fingerprint density at radius 3 is 2.57 bits per heavy atom. The summed E-state index contributed by atoms with van der Waals surface area (Å²) >= 11 is 0. The first-order valence-electron chi connectivity index (χ1n) is 8.78. The first-order valence-corrected chi connectivity index (χ1v) is 8.78.